The quantitative estimate of drug-likeness (QED) is 0.374. The molecular formula is C22H21N5O3S. The molecule has 8 nitrogen and oxygen atoms in total. The second-order valence-electron chi connectivity index (χ2n) is 7.61. The van der Waals surface area contributed by atoms with Crippen molar-refractivity contribution >= 4 is 22.0 Å². The largest absolute Gasteiger partial charge is 0.492 e. The van der Waals surface area contributed by atoms with E-state index in [1.807, 2.05) is 13.0 Å². The van der Waals surface area contributed by atoms with E-state index in [0.29, 0.717) is 17.2 Å². The Morgan fingerprint density at radius 3 is 2.61 bits per heavy atom. The predicted octanol–water partition coefficient (Wildman–Crippen LogP) is 4.11. The number of hydrogen-bond acceptors (Lipinski definition) is 7. The summed E-state index contributed by atoms with van der Waals surface area (Å²) in [6.07, 6.45) is 1.60. The topological polar surface area (TPSA) is 96.8 Å². The van der Waals surface area contributed by atoms with Gasteiger partial charge in [0.2, 0.25) is 10.8 Å². The van der Waals surface area contributed by atoms with E-state index < -0.39 is 4.92 Å². The lowest BCUT2D eigenvalue weighted by Crippen LogP contribution is -2.34. The number of aryl methyl sites for hydroxylation is 1. The molecule has 2 aromatic carbocycles. The third-order valence-corrected chi connectivity index (χ3v) is 6.83. The van der Waals surface area contributed by atoms with Gasteiger partial charge in [0.05, 0.1) is 15.8 Å². The van der Waals surface area contributed by atoms with Crippen LogP contribution in [0.1, 0.15) is 40.4 Å². The molecule has 1 aliphatic rings. The molecule has 5 rings (SSSR count). The molecule has 2 aromatic heterocycles. The Morgan fingerprint density at radius 2 is 1.94 bits per heavy atom. The Labute approximate surface area is 182 Å². The van der Waals surface area contributed by atoms with Crippen LogP contribution < -0.4 is 0 Å². The maximum Gasteiger partial charge on any atom is 0.269 e. The van der Waals surface area contributed by atoms with Gasteiger partial charge in [-0.2, -0.15) is 4.52 Å². The second kappa shape index (κ2) is 7.75. The molecule has 0 aliphatic carbocycles. The van der Waals surface area contributed by atoms with Crippen LogP contribution in [0.25, 0.3) is 4.96 Å². The second-order valence-corrected chi connectivity index (χ2v) is 8.62. The van der Waals surface area contributed by atoms with E-state index in [1.54, 1.807) is 12.1 Å². The lowest BCUT2D eigenvalue weighted by Gasteiger charge is -2.35. The molecule has 158 valence electrons. The van der Waals surface area contributed by atoms with Gasteiger partial charge in [0.25, 0.3) is 5.69 Å². The monoisotopic (exact) mass is 435 g/mol. The van der Waals surface area contributed by atoms with Crippen LogP contribution >= 0.6 is 11.3 Å². The summed E-state index contributed by atoms with van der Waals surface area (Å²) in [5.41, 5.74) is 3.53. The fourth-order valence-electron chi connectivity index (χ4n) is 4.16. The molecule has 0 fully saturated rings. The summed E-state index contributed by atoms with van der Waals surface area (Å²) < 4.78 is 1.50. The van der Waals surface area contributed by atoms with E-state index in [4.69, 9.17) is 0 Å². The van der Waals surface area contributed by atoms with E-state index in [-0.39, 0.29) is 17.6 Å². The van der Waals surface area contributed by atoms with Gasteiger partial charge in [-0.1, -0.05) is 54.7 Å². The number of rotatable bonds is 5. The van der Waals surface area contributed by atoms with E-state index in [9.17, 15) is 15.2 Å². The van der Waals surface area contributed by atoms with Crippen LogP contribution in [0.5, 0.6) is 5.88 Å². The molecule has 0 amide bonds. The van der Waals surface area contributed by atoms with Gasteiger partial charge in [-0.25, -0.2) is 4.98 Å². The van der Waals surface area contributed by atoms with Crippen LogP contribution in [0.3, 0.4) is 0 Å². The van der Waals surface area contributed by atoms with Crippen LogP contribution in [0.2, 0.25) is 0 Å². The van der Waals surface area contributed by atoms with Crippen molar-refractivity contribution in [2.75, 3.05) is 6.54 Å². The molecule has 0 bridgehead atoms. The lowest BCUT2D eigenvalue weighted by atomic mass is 9.95. The molecule has 1 atom stereocenters. The standard InChI is InChI=1S/C22H21N5O3S/c1-2-18-23-22-26(24-18)21(28)20(31-22)19(15-7-9-17(10-8-15)27(29)30)25-12-11-14-5-3-4-6-16(14)13-25/h3-10,19,28H,2,11-13H2,1H3. The molecule has 0 spiro atoms. The minimum atomic E-state index is -0.400. The Balaban J connectivity index is 1.60. The molecule has 0 saturated heterocycles. The average Bonchev–Trinajstić information content (AvgIpc) is 3.33. The van der Waals surface area contributed by atoms with Crippen molar-refractivity contribution in [1.82, 2.24) is 19.5 Å². The third kappa shape index (κ3) is 3.45. The van der Waals surface area contributed by atoms with Crippen molar-refractivity contribution in [3.8, 4) is 5.88 Å². The first-order chi connectivity index (χ1) is 15.0. The molecule has 1 N–H and O–H groups in total. The third-order valence-electron chi connectivity index (χ3n) is 5.75. The molecule has 1 aliphatic heterocycles. The number of hydrogen-bond donors (Lipinski definition) is 1. The zero-order valence-corrected chi connectivity index (χ0v) is 17.7. The molecule has 9 heteroatoms. The zero-order valence-electron chi connectivity index (χ0n) is 16.9. The van der Waals surface area contributed by atoms with Gasteiger partial charge < -0.3 is 5.11 Å². The summed E-state index contributed by atoms with van der Waals surface area (Å²) in [7, 11) is 0. The van der Waals surface area contributed by atoms with Crippen LogP contribution in [0.4, 0.5) is 5.69 Å². The Kier molecular flexibility index (Phi) is 4.91. The minimum Gasteiger partial charge on any atom is -0.492 e. The Morgan fingerprint density at radius 1 is 1.19 bits per heavy atom. The van der Waals surface area contributed by atoms with Gasteiger partial charge in [0.1, 0.15) is 0 Å². The number of nitro groups is 1. The van der Waals surface area contributed by atoms with Crippen LogP contribution in [0, 0.1) is 10.1 Å². The van der Waals surface area contributed by atoms with E-state index in [2.05, 4.69) is 33.2 Å². The summed E-state index contributed by atoms with van der Waals surface area (Å²) in [5.74, 6) is 0.765. The smallest absolute Gasteiger partial charge is 0.269 e. The number of thiazole rings is 1. The predicted molar refractivity (Wildman–Crippen MR) is 117 cm³/mol. The van der Waals surface area contributed by atoms with Crippen molar-refractivity contribution in [3.05, 3.63) is 86.0 Å². The van der Waals surface area contributed by atoms with Crippen LogP contribution in [0.15, 0.2) is 48.5 Å². The zero-order chi connectivity index (χ0) is 21.5. The first-order valence-electron chi connectivity index (χ1n) is 10.2. The summed E-state index contributed by atoms with van der Waals surface area (Å²) >= 11 is 1.41. The number of aromatic nitrogens is 3. The van der Waals surface area contributed by atoms with Crippen LogP contribution in [-0.2, 0) is 19.4 Å². The SMILES string of the molecule is CCc1nc2sc(C(c3ccc([N+](=O)[O-])cc3)N3CCc4ccccc4C3)c(O)n2n1. The molecule has 1 unspecified atom stereocenters. The number of nitro benzene ring substituents is 1. The molecule has 0 radical (unpaired) electrons. The highest BCUT2D eigenvalue weighted by molar-refractivity contribution is 7.17. The van der Waals surface area contributed by atoms with Gasteiger partial charge in [-0.3, -0.25) is 15.0 Å². The molecule has 4 aromatic rings. The van der Waals surface area contributed by atoms with Crippen molar-refractivity contribution < 1.29 is 10.0 Å². The first-order valence-corrected chi connectivity index (χ1v) is 11.0. The van der Waals surface area contributed by atoms with E-state index >= 15 is 0 Å². The summed E-state index contributed by atoms with van der Waals surface area (Å²) in [5, 5.41) is 26.6. The molecule has 31 heavy (non-hydrogen) atoms. The number of benzene rings is 2. The summed E-state index contributed by atoms with van der Waals surface area (Å²) in [4.78, 5) is 18.9. The van der Waals surface area contributed by atoms with Crippen molar-refractivity contribution in [1.29, 1.82) is 0 Å². The average molecular weight is 436 g/mol. The highest BCUT2D eigenvalue weighted by atomic mass is 32.1. The van der Waals surface area contributed by atoms with E-state index in [0.717, 1.165) is 30.0 Å². The van der Waals surface area contributed by atoms with Crippen molar-refractivity contribution in [3.63, 3.8) is 0 Å². The number of aromatic hydroxyl groups is 1. The molecule has 3 heterocycles. The fourth-order valence-corrected chi connectivity index (χ4v) is 5.30. The van der Waals surface area contributed by atoms with Gasteiger partial charge in [0.15, 0.2) is 5.82 Å². The lowest BCUT2D eigenvalue weighted by molar-refractivity contribution is -0.384. The van der Waals surface area contributed by atoms with Crippen LogP contribution in [-0.4, -0.2) is 36.1 Å². The number of nitrogens with zero attached hydrogens (tertiary/aromatic N) is 5. The highest BCUT2D eigenvalue weighted by Gasteiger charge is 2.32. The summed E-state index contributed by atoms with van der Waals surface area (Å²) in [6, 6.07) is 14.7. The highest BCUT2D eigenvalue weighted by Crippen LogP contribution is 2.41. The van der Waals surface area contributed by atoms with Gasteiger partial charge in [-0.15, -0.1) is 5.10 Å². The summed E-state index contributed by atoms with van der Waals surface area (Å²) in [6.45, 7) is 3.51. The Bertz CT molecular complexity index is 1260. The maximum absolute atomic E-state index is 11.1. The maximum atomic E-state index is 11.1. The number of non-ortho nitro benzene ring substituents is 1. The Hall–Kier alpha value is -3.30. The number of fused-ring (bicyclic) bond motifs is 2. The van der Waals surface area contributed by atoms with Gasteiger partial charge in [0, 0.05) is 31.6 Å². The minimum absolute atomic E-state index is 0.0472. The molecular weight excluding hydrogens is 414 g/mol. The fraction of sp³-hybridized carbons (Fsp3) is 0.273. The molecule has 0 saturated carbocycles. The van der Waals surface area contributed by atoms with Gasteiger partial charge >= 0.3 is 0 Å². The normalized spacial score (nSPS) is 15.1. The van der Waals surface area contributed by atoms with Gasteiger partial charge in [-0.05, 0) is 23.1 Å². The van der Waals surface area contributed by atoms with Crippen molar-refractivity contribution in [2.24, 2.45) is 0 Å². The van der Waals surface area contributed by atoms with E-state index in [1.165, 1.54) is 39.1 Å². The first kappa shape index (κ1) is 19.7. The van der Waals surface area contributed by atoms with Crippen molar-refractivity contribution in [2.45, 2.75) is 32.4 Å².